The first-order valence-corrected chi connectivity index (χ1v) is 14.0. The molecule has 1 saturated heterocycles. The SMILES string of the molecule is O=C(c1ccc(S(=O)(=O)N2CCCCC2)cc1)N(Cc1ccco1)c1nc2ccc(Br)cc2s1. The second kappa shape index (κ2) is 9.61. The Kier molecular flexibility index (Phi) is 6.57. The number of fused-ring (bicyclic) bond motifs is 1. The van der Waals surface area contributed by atoms with E-state index in [1.54, 1.807) is 35.4 Å². The van der Waals surface area contributed by atoms with Crippen LogP contribution < -0.4 is 4.90 Å². The Hall–Kier alpha value is -2.53. The summed E-state index contributed by atoms with van der Waals surface area (Å²) in [5, 5.41) is 0.541. The number of thiazole rings is 1. The molecule has 2 aromatic carbocycles. The van der Waals surface area contributed by atoms with Crippen LogP contribution in [-0.4, -0.2) is 36.7 Å². The predicted molar refractivity (Wildman–Crippen MR) is 136 cm³/mol. The number of aromatic nitrogens is 1. The summed E-state index contributed by atoms with van der Waals surface area (Å²) in [6.07, 6.45) is 4.36. The summed E-state index contributed by atoms with van der Waals surface area (Å²) >= 11 is 4.89. The van der Waals surface area contributed by atoms with Gasteiger partial charge >= 0.3 is 0 Å². The van der Waals surface area contributed by atoms with Gasteiger partial charge in [0.1, 0.15) is 5.76 Å². The molecule has 34 heavy (non-hydrogen) atoms. The first-order chi connectivity index (χ1) is 16.4. The van der Waals surface area contributed by atoms with Crippen molar-refractivity contribution in [2.45, 2.75) is 30.7 Å². The molecular formula is C24H22BrN3O4S2. The topological polar surface area (TPSA) is 83.7 Å². The van der Waals surface area contributed by atoms with E-state index in [9.17, 15) is 13.2 Å². The quantitative estimate of drug-likeness (QED) is 0.303. The maximum atomic E-state index is 13.6. The minimum atomic E-state index is -3.56. The summed E-state index contributed by atoms with van der Waals surface area (Å²) in [4.78, 5) is 20.0. The lowest BCUT2D eigenvalue weighted by Crippen LogP contribution is -2.35. The molecule has 10 heteroatoms. The van der Waals surface area contributed by atoms with Gasteiger partial charge in [0, 0.05) is 23.1 Å². The van der Waals surface area contributed by atoms with Crippen LogP contribution in [0.1, 0.15) is 35.4 Å². The van der Waals surface area contributed by atoms with Gasteiger partial charge in [-0.3, -0.25) is 9.69 Å². The minimum Gasteiger partial charge on any atom is -0.467 e. The Bertz CT molecular complexity index is 1410. The minimum absolute atomic E-state index is 0.202. The fourth-order valence-electron chi connectivity index (χ4n) is 3.97. The summed E-state index contributed by atoms with van der Waals surface area (Å²) in [5.41, 5.74) is 1.17. The Morgan fingerprint density at radius 2 is 1.85 bits per heavy atom. The first-order valence-electron chi connectivity index (χ1n) is 10.9. The van der Waals surface area contributed by atoms with Gasteiger partial charge in [0.15, 0.2) is 5.13 Å². The van der Waals surface area contributed by atoms with E-state index < -0.39 is 10.0 Å². The van der Waals surface area contributed by atoms with Crippen LogP contribution >= 0.6 is 27.3 Å². The molecule has 1 amide bonds. The Morgan fingerprint density at radius 1 is 1.09 bits per heavy atom. The van der Waals surface area contributed by atoms with Gasteiger partial charge in [-0.05, 0) is 67.4 Å². The number of hydrogen-bond acceptors (Lipinski definition) is 6. The van der Waals surface area contributed by atoms with E-state index in [1.807, 2.05) is 18.2 Å². The second-order valence-electron chi connectivity index (χ2n) is 8.07. The molecule has 1 aliphatic heterocycles. The average molecular weight is 560 g/mol. The van der Waals surface area contributed by atoms with Crippen LogP contribution in [-0.2, 0) is 16.6 Å². The number of benzene rings is 2. The molecule has 0 saturated carbocycles. The number of amides is 1. The molecule has 0 atom stereocenters. The number of carbonyl (C=O) groups is 1. The number of carbonyl (C=O) groups excluding carboxylic acids is 1. The standard InChI is InChI=1S/C24H22BrN3O4S2/c25-18-8-11-21-22(15-18)33-24(26-21)28(16-19-5-4-14-32-19)23(29)17-6-9-20(10-7-17)34(30,31)27-12-2-1-3-13-27/h4-11,14-15H,1-3,12-13,16H2. The maximum Gasteiger partial charge on any atom is 0.260 e. The number of halogens is 1. The van der Waals surface area contributed by atoms with Crippen molar-refractivity contribution in [2.24, 2.45) is 0 Å². The average Bonchev–Trinajstić information content (AvgIpc) is 3.52. The molecule has 7 nitrogen and oxygen atoms in total. The number of hydrogen-bond donors (Lipinski definition) is 0. The molecule has 4 aromatic rings. The van der Waals surface area contributed by atoms with Crippen LogP contribution in [0.25, 0.3) is 10.2 Å². The van der Waals surface area contributed by atoms with E-state index in [0.717, 1.165) is 34.0 Å². The maximum absolute atomic E-state index is 13.6. The molecule has 2 aromatic heterocycles. The highest BCUT2D eigenvalue weighted by atomic mass is 79.9. The van der Waals surface area contributed by atoms with E-state index in [2.05, 4.69) is 20.9 Å². The van der Waals surface area contributed by atoms with Crippen LogP contribution in [0.15, 0.2) is 74.6 Å². The zero-order valence-electron chi connectivity index (χ0n) is 18.2. The highest BCUT2D eigenvalue weighted by molar-refractivity contribution is 9.10. The summed E-state index contributed by atoms with van der Waals surface area (Å²) in [6, 6.07) is 15.5. The number of furan rings is 1. The van der Waals surface area contributed by atoms with Gasteiger partial charge in [-0.25, -0.2) is 13.4 Å². The smallest absolute Gasteiger partial charge is 0.260 e. The van der Waals surface area contributed by atoms with Crippen molar-refractivity contribution in [2.75, 3.05) is 18.0 Å². The van der Waals surface area contributed by atoms with Crippen molar-refractivity contribution in [1.29, 1.82) is 0 Å². The van der Waals surface area contributed by atoms with E-state index in [0.29, 0.717) is 29.5 Å². The van der Waals surface area contributed by atoms with E-state index >= 15 is 0 Å². The van der Waals surface area contributed by atoms with Crippen LogP contribution in [0, 0.1) is 0 Å². The second-order valence-corrected chi connectivity index (χ2v) is 11.9. The third kappa shape index (κ3) is 4.68. The molecule has 0 N–H and O–H groups in total. The summed E-state index contributed by atoms with van der Waals surface area (Å²) in [6.45, 7) is 1.28. The lowest BCUT2D eigenvalue weighted by molar-refractivity contribution is 0.0983. The summed E-state index contributed by atoms with van der Waals surface area (Å²) in [7, 11) is -3.56. The normalized spacial score (nSPS) is 15.0. The number of piperidine rings is 1. The Balaban J connectivity index is 1.46. The largest absolute Gasteiger partial charge is 0.467 e. The van der Waals surface area contributed by atoms with Crippen molar-refractivity contribution in [3.8, 4) is 0 Å². The van der Waals surface area contributed by atoms with Crippen molar-refractivity contribution < 1.29 is 17.6 Å². The fourth-order valence-corrected chi connectivity index (χ4v) is 7.00. The molecule has 1 fully saturated rings. The molecule has 1 aliphatic rings. The molecule has 0 radical (unpaired) electrons. The van der Waals surface area contributed by atoms with Gasteiger partial charge < -0.3 is 4.42 Å². The lowest BCUT2D eigenvalue weighted by Gasteiger charge is -2.26. The fraction of sp³-hybridized carbons (Fsp3) is 0.250. The zero-order chi connectivity index (χ0) is 23.7. The highest BCUT2D eigenvalue weighted by Gasteiger charge is 2.27. The van der Waals surface area contributed by atoms with E-state index in [4.69, 9.17) is 4.42 Å². The zero-order valence-corrected chi connectivity index (χ0v) is 21.4. The van der Waals surface area contributed by atoms with Crippen LogP contribution in [0.4, 0.5) is 5.13 Å². The summed E-state index contributed by atoms with van der Waals surface area (Å²) < 4.78 is 34.8. The number of rotatable bonds is 6. The molecule has 0 aliphatic carbocycles. The van der Waals surface area contributed by atoms with E-state index in [-0.39, 0.29) is 17.3 Å². The number of nitrogens with zero attached hydrogens (tertiary/aromatic N) is 3. The van der Waals surface area contributed by atoms with Crippen molar-refractivity contribution in [1.82, 2.24) is 9.29 Å². The predicted octanol–water partition coefficient (Wildman–Crippen LogP) is 5.67. The molecule has 3 heterocycles. The van der Waals surface area contributed by atoms with Crippen LogP contribution in [0.2, 0.25) is 0 Å². The van der Waals surface area contributed by atoms with Crippen LogP contribution in [0.5, 0.6) is 0 Å². The van der Waals surface area contributed by atoms with Gasteiger partial charge in [0.25, 0.3) is 5.91 Å². The van der Waals surface area contributed by atoms with Gasteiger partial charge in [0.2, 0.25) is 10.0 Å². The third-order valence-corrected chi connectivity index (χ3v) is 9.21. The first kappa shape index (κ1) is 23.2. The van der Waals surface area contributed by atoms with Crippen molar-refractivity contribution in [3.05, 3.63) is 76.7 Å². The highest BCUT2D eigenvalue weighted by Crippen LogP contribution is 2.33. The van der Waals surface area contributed by atoms with E-state index in [1.165, 1.54) is 27.8 Å². The molecule has 0 bridgehead atoms. The van der Waals surface area contributed by atoms with Gasteiger partial charge in [-0.1, -0.05) is 33.7 Å². The Labute approximate surface area is 210 Å². The van der Waals surface area contributed by atoms with Crippen LogP contribution in [0.3, 0.4) is 0 Å². The molecular weight excluding hydrogens is 538 g/mol. The molecule has 176 valence electrons. The van der Waals surface area contributed by atoms with Gasteiger partial charge in [-0.2, -0.15) is 4.31 Å². The summed E-state index contributed by atoms with van der Waals surface area (Å²) in [5.74, 6) is 0.342. The lowest BCUT2D eigenvalue weighted by atomic mass is 10.2. The third-order valence-electron chi connectivity index (χ3n) is 5.76. The molecule has 0 spiro atoms. The molecule has 0 unspecified atom stereocenters. The Morgan fingerprint density at radius 3 is 2.56 bits per heavy atom. The number of sulfonamides is 1. The monoisotopic (exact) mass is 559 g/mol. The number of anilines is 1. The van der Waals surface area contributed by atoms with Gasteiger partial charge in [0.05, 0.1) is 27.9 Å². The van der Waals surface area contributed by atoms with Crippen molar-refractivity contribution in [3.63, 3.8) is 0 Å². The van der Waals surface area contributed by atoms with Crippen molar-refractivity contribution >= 4 is 58.5 Å². The molecule has 5 rings (SSSR count). The van der Waals surface area contributed by atoms with Gasteiger partial charge in [-0.15, -0.1) is 0 Å².